The summed E-state index contributed by atoms with van der Waals surface area (Å²) in [5, 5.41) is 17.0. The average Bonchev–Trinajstić information content (AvgIpc) is 2.59. The van der Waals surface area contributed by atoms with E-state index >= 15 is 0 Å². The fraction of sp³-hybridized carbons (Fsp3) is 0.235. The lowest BCUT2D eigenvalue weighted by atomic mass is 10.2. The zero-order chi connectivity index (χ0) is 16.7. The zero-order valence-corrected chi connectivity index (χ0v) is 13.4. The van der Waals surface area contributed by atoms with Crippen LogP contribution < -0.4 is 4.74 Å². The van der Waals surface area contributed by atoms with E-state index in [-0.39, 0.29) is 10.9 Å². The Labute approximate surface area is 139 Å². The van der Waals surface area contributed by atoms with Crippen molar-refractivity contribution in [2.45, 2.75) is 18.7 Å². The maximum Gasteiger partial charge on any atom is 0.335 e. The van der Waals surface area contributed by atoms with E-state index in [2.05, 4.69) is 10.2 Å². The number of carboxylic acid groups (broad SMARTS) is 1. The molecule has 0 spiro atoms. The van der Waals surface area contributed by atoms with Crippen LogP contribution in [0.3, 0.4) is 0 Å². The average molecular weight is 333 g/mol. The van der Waals surface area contributed by atoms with Crippen LogP contribution in [0.1, 0.15) is 23.7 Å². The first-order chi connectivity index (χ1) is 11.1. The van der Waals surface area contributed by atoms with E-state index in [1.807, 2.05) is 6.92 Å². The summed E-state index contributed by atoms with van der Waals surface area (Å²) in [6.45, 7) is 2.47. The maximum absolute atomic E-state index is 10.8. The minimum atomic E-state index is -0.966. The molecule has 0 aliphatic carbocycles. The van der Waals surface area contributed by atoms with Gasteiger partial charge in [-0.25, -0.2) is 4.79 Å². The molecule has 2 aromatic rings. The minimum Gasteiger partial charge on any atom is -0.492 e. The van der Waals surface area contributed by atoms with E-state index in [1.54, 1.807) is 36.4 Å². The van der Waals surface area contributed by atoms with Gasteiger partial charge in [-0.3, -0.25) is 0 Å². The molecular formula is C17H17ClN2O3. The lowest BCUT2D eigenvalue weighted by molar-refractivity contribution is 0.0697. The summed E-state index contributed by atoms with van der Waals surface area (Å²) >= 11 is 6.00. The molecule has 0 amide bonds. The van der Waals surface area contributed by atoms with Crippen molar-refractivity contribution in [2.75, 3.05) is 6.61 Å². The second kappa shape index (κ2) is 8.29. The molecule has 0 saturated carbocycles. The van der Waals surface area contributed by atoms with Gasteiger partial charge in [-0.1, -0.05) is 6.92 Å². The Morgan fingerprint density at radius 1 is 1.09 bits per heavy atom. The molecule has 6 heteroatoms. The van der Waals surface area contributed by atoms with E-state index in [9.17, 15) is 4.79 Å². The number of rotatable bonds is 7. The molecule has 1 N–H and O–H groups in total. The van der Waals surface area contributed by atoms with Crippen molar-refractivity contribution in [1.82, 2.24) is 0 Å². The summed E-state index contributed by atoms with van der Waals surface area (Å²) in [7, 11) is 0. The molecule has 0 fully saturated rings. The number of nitrogens with zero attached hydrogens (tertiary/aromatic N) is 2. The lowest BCUT2D eigenvalue weighted by Crippen LogP contribution is -2.10. The van der Waals surface area contributed by atoms with Gasteiger partial charge in [0.15, 0.2) is 0 Å². The van der Waals surface area contributed by atoms with Gasteiger partial charge >= 0.3 is 5.97 Å². The molecule has 120 valence electrons. The molecule has 2 aromatic carbocycles. The van der Waals surface area contributed by atoms with Crippen LogP contribution in [0.4, 0.5) is 11.4 Å². The zero-order valence-electron chi connectivity index (χ0n) is 12.6. The van der Waals surface area contributed by atoms with Crippen LogP contribution in [-0.4, -0.2) is 23.1 Å². The number of hydrogen-bond donors (Lipinski definition) is 1. The van der Waals surface area contributed by atoms with Gasteiger partial charge in [0.05, 0.1) is 22.3 Å². The molecule has 1 atom stereocenters. The smallest absolute Gasteiger partial charge is 0.335 e. The number of aromatic carboxylic acids is 1. The Bertz CT molecular complexity index is 669. The topological polar surface area (TPSA) is 71.2 Å². The van der Waals surface area contributed by atoms with E-state index in [0.29, 0.717) is 18.0 Å². The Hall–Kier alpha value is -2.40. The van der Waals surface area contributed by atoms with Gasteiger partial charge < -0.3 is 9.84 Å². The van der Waals surface area contributed by atoms with Gasteiger partial charge in [0.1, 0.15) is 12.4 Å². The standard InChI is InChI=1S/C17H17ClN2O3/c1-2-13(18)11-23-16-9-7-15(8-10-16)20-19-14-5-3-12(4-6-14)17(21)22/h3-10,13H,2,11H2,1H3,(H,21,22)/b20-19+. The largest absolute Gasteiger partial charge is 0.492 e. The van der Waals surface area contributed by atoms with Crippen LogP contribution in [0.5, 0.6) is 5.75 Å². The number of alkyl halides is 1. The van der Waals surface area contributed by atoms with Crippen LogP contribution in [-0.2, 0) is 0 Å². The molecule has 23 heavy (non-hydrogen) atoms. The molecule has 2 rings (SSSR count). The third kappa shape index (κ3) is 5.38. The van der Waals surface area contributed by atoms with Gasteiger partial charge in [-0.05, 0) is 55.0 Å². The molecule has 1 unspecified atom stereocenters. The highest BCUT2D eigenvalue weighted by atomic mass is 35.5. The molecule has 0 aromatic heterocycles. The van der Waals surface area contributed by atoms with Crippen molar-refractivity contribution in [3.8, 4) is 5.75 Å². The SMILES string of the molecule is CCC(Cl)COc1ccc(/N=N/c2ccc(C(=O)O)cc2)cc1. The number of ether oxygens (including phenoxy) is 1. The van der Waals surface area contributed by atoms with Gasteiger partial charge in [0, 0.05) is 0 Å². The molecule has 0 aliphatic heterocycles. The fourth-order valence-corrected chi connectivity index (χ4v) is 1.76. The van der Waals surface area contributed by atoms with Crippen molar-refractivity contribution in [3.05, 3.63) is 54.1 Å². The number of carbonyl (C=O) groups is 1. The van der Waals surface area contributed by atoms with Crippen LogP contribution in [0.25, 0.3) is 0 Å². The minimum absolute atomic E-state index is 0.00291. The number of carboxylic acids is 1. The molecule has 0 radical (unpaired) electrons. The third-order valence-electron chi connectivity index (χ3n) is 3.11. The summed E-state index contributed by atoms with van der Waals surface area (Å²) in [5.74, 6) is -0.236. The monoisotopic (exact) mass is 332 g/mol. The Morgan fingerprint density at radius 2 is 1.61 bits per heavy atom. The normalized spacial score (nSPS) is 12.3. The van der Waals surface area contributed by atoms with Crippen molar-refractivity contribution in [2.24, 2.45) is 10.2 Å². The molecule has 0 aliphatic rings. The quantitative estimate of drug-likeness (QED) is 0.559. The highest BCUT2D eigenvalue weighted by Gasteiger charge is 2.03. The second-order valence-corrected chi connectivity index (χ2v) is 5.48. The first-order valence-corrected chi connectivity index (χ1v) is 7.64. The Morgan fingerprint density at radius 3 is 2.09 bits per heavy atom. The first-order valence-electron chi connectivity index (χ1n) is 7.20. The predicted octanol–water partition coefficient (Wildman–Crippen LogP) is 5.20. The van der Waals surface area contributed by atoms with E-state index in [1.165, 1.54) is 12.1 Å². The third-order valence-corrected chi connectivity index (χ3v) is 3.54. The van der Waals surface area contributed by atoms with E-state index in [4.69, 9.17) is 21.4 Å². The molecule has 5 nitrogen and oxygen atoms in total. The van der Waals surface area contributed by atoms with Crippen LogP contribution in [0.2, 0.25) is 0 Å². The van der Waals surface area contributed by atoms with Crippen molar-refractivity contribution < 1.29 is 14.6 Å². The summed E-state index contributed by atoms with van der Waals surface area (Å²) in [4.78, 5) is 10.8. The highest BCUT2D eigenvalue weighted by molar-refractivity contribution is 6.20. The van der Waals surface area contributed by atoms with Gasteiger partial charge in [0.25, 0.3) is 0 Å². The summed E-state index contributed by atoms with van der Waals surface area (Å²) < 4.78 is 5.55. The first kappa shape index (κ1) is 17.0. The van der Waals surface area contributed by atoms with Gasteiger partial charge in [-0.15, -0.1) is 11.6 Å². The lowest BCUT2D eigenvalue weighted by Gasteiger charge is -2.09. The number of hydrogen-bond acceptors (Lipinski definition) is 4. The predicted molar refractivity (Wildman–Crippen MR) is 89.4 cm³/mol. The Kier molecular flexibility index (Phi) is 6.11. The molecule has 0 saturated heterocycles. The maximum atomic E-state index is 10.8. The molecule has 0 bridgehead atoms. The number of benzene rings is 2. The van der Waals surface area contributed by atoms with Crippen LogP contribution in [0, 0.1) is 0 Å². The van der Waals surface area contributed by atoms with Crippen LogP contribution >= 0.6 is 11.6 Å². The molecular weight excluding hydrogens is 316 g/mol. The Balaban J connectivity index is 1.95. The van der Waals surface area contributed by atoms with Crippen molar-refractivity contribution in [1.29, 1.82) is 0 Å². The summed E-state index contributed by atoms with van der Waals surface area (Å²) in [5.41, 5.74) is 1.48. The van der Waals surface area contributed by atoms with Gasteiger partial charge in [0.2, 0.25) is 0 Å². The highest BCUT2D eigenvalue weighted by Crippen LogP contribution is 2.22. The van der Waals surface area contributed by atoms with Crippen molar-refractivity contribution >= 4 is 28.9 Å². The van der Waals surface area contributed by atoms with E-state index < -0.39 is 5.97 Å². The molecule has 0 heterocycles. The number of halogens is 1. The summed E-state index contributed by atoms with van der Waals surface area (Å²) in [6, 6.07) is 13.4. The fourth-order valence-electron chi connectivity index (χ4n) is 1.70. The summed E-state index contributed by atoms with van der Waals surface area (Å²) in [6.07, 6.45) is 0.856. The van der Waals surface area contributed by atoms with Gasteiger partial charge in [-0.2, -0.15) is 10.2 Å². The van der Waals surface area contributed by atoms with E-state index in [0.717, 1.165) is 12.2 Å². The second-order valence-electron chi connectivity index (χ2n) is 4.86. The van der Waals surface area contributed by atoms with Crippen molar-refractivity contribution in [3.63, 3.8) is 0 Å². The number of azo groups is 1. The van der Waals surface area contributed by atoms with Crippen LogP contribution in [0.15, 0.2) is 58.8 Å².